The molecule has 3 aromatic rings. The van der Waals surface area contributed by atoms with Gasteiger partial charge in [-0.05, 0) is 61.9 Å². The Bertz CT molecular complexity index is 1970. The van der Waals surface area contributed by atoms with E-state index in [-0.39, 0.29) is 34.6 Å². The Balaban J connectivity index is 1.49. The number of hydrogen-bond acceptors (Lipinski definition) is 8. The summed E-state index contributed by atoms with van der Waals surface area (Å²) in [5, 5.41) is 10.8. The van der Waals surface area contributed by atoms with Gasteiger partial charge in [0.2, 0.25) is 15.9 Å². The molecule has 0 spiro atoms. The van der Waals surface area contributed by atoms with Gasteiger partial charge in [-0.3, -0.25) is 24.1 Å². The lowest BCUT2D eigenvalue weighted by atomic mass is 9.79. The molecule has 1 saturated carbocycles. The van der Waals surface area contributed by atoms with E-state index in [9.17, 15) is 27.9 Å². The second-order valence-corrected chi connectivity index (χ2v) is 16.8. The molecule has 3 fully saturated rings. The van der Waals surface area contributed by atoms with Crippen LogP contribution >= 0.6 is 0 Å². The maximum absolute atomic E-state index is 13.5. The third-order valence-electron chi connectivity index (χ3n) is 10.4. The molecule has 1 unspecified atom stereocenters. The lowest BCUT2D eigenvalue weighted by molar-refractivity contribution is -0.137. The number of fused-ring (bicyclic) bond motifs is 1. The van der Waals surface area contributed by atoms with Crippen LogP contribution in [0.15, 0.2) is 24.3 Å². The van der Waals surface area contributed by atoms with E-state index in [1.165, 1.54) is 7.11 Å². The van der Waals surface area contributed by atoms with Crippen LogP contribution in [0.4, 0.5) is 5.69 Å². The Morgan fingerprint density at radius 2 is 1.70 bits per heavy atom. The number of anilines is 1. The number of amides is 2. The number of ether oxygens (including phenoxy) is 1. The largest absolute Gasteiger partial charge is 0.494 e. The van der Waals surface area contributed by atoms with Crippen LogP contribution in [0.3, 0.4) is 0 Å². The van der Waals surface area contributed by atoms with Gasteiger partial charge in [-0.15, -0.1) is 0 Å². The zero-order chi connectivity index (χ0) is 36.3. The smallest absolute Gasteiger partial charge is 0.353 e. The molecule has 2 aliphatic heterocycles. The second kappa shape index (κ2) is 13.2. The highest BCUT2D eigenvalue weighted by Crippen LogP contribution is 2.50. The van der Waals surface area contributed by atoms with Crippen LogP contribution in [0.5, 0.6) is 5.75 Å². The standard InChI is InChI=1S/C36H48N6O7S/c1-36(2,3)25-19-24(33(37)43)32(49-6)29(38-50(47,48)22-12-13-22)28(25)27-23-10-7-9-21(30(23)40(5)31(27)35(45)46)20-41-15-17-42(18-16-41)34(44)26-11-8-14-39(26)4/h7,9-10,19,22,26,38H,8,11-18,20H2,1-6H3,(H2,37,43)(H,45,46). The van der Waals surface area contributed by atoms with Crippen molar-refractivity contribution < 1.29 is 32.6 Å². The van der Waals surface area contributed by atoms with Crippen LogP contribution in [-0.4, -0.2) is 109 Å². The average molecular weight is 709 g/mol. The Labute approximate surface area is 293 Å². The summed E-state index contributed by atoms with van der Waals surface area (Å²) in [6, 6.07) is 7.22. The number of nitrogens with one attached hydrogen (secondary N) is 1. The molecule has 2 saturated heterocycles. The number of aryl methyl sites for hydroxylation is 1. The Morgan fingerprint density at radius 1 is 1.02 bits per heavy atom. The van der Waals surface area contributed by atoms with Gasteiger partial charge in [-0.25, -0.2) is 13.2 Å². The molecular formula is C36H48N6O7S. The molecule has 3 heterocycles. The number of carbonyl (C=O) groups excluding carboxylic acids is 2. The first-order valence-electron chi connectivity index (χ1n) is 17.2. The number of carboxylic acid groups (broad SMARTS) is 1. The molecule has 270 valence electrons. The van der Waals surface area contributed by atoms with Crippen LogP contribution in [0, 0.1) is 0 Å². The molecule has 1 atom stereocenters. The molecule has 0 bridgehead atoms. The van der Waals surface area contributed by atoms with Crippen molar-refractivity contribution >= 4 is 44.4 Å². The van der Waals surface area contributed by atoms with Gasteiger partial charge in [0.1, 0.15) is 5.69 Å². The number of nitrogens with zero attached hydrogens (tertiary/aromatic N) is 4. The molecule has 4 N–H and O–H groups in total. The molecule has 50 heavy (non-hydrogen) atoms. The summed E-state index contributed by atoms with van der Waals surface area (Å²) in [4.78, 5) is 45.6. The molecule has 13 nitrogen and oxygen atoms in total. The van der Waals surface area contributed by atoms with Crippen molar-refractivity contribution in [3.05, 3.63) is 46.6 Å². The number of likely N-dealkylation sites (tertiary alicyclic amines) is 1. The predicted molar refractivity (Wildman–Crippen MR) is 192 cm³/mol. The topological polar surface area (TPSA) is 168 Å². The zero-order valence-electron chi connectivity index (χ0n) is 29.7. The Hall–Kier alpha value is -4.14. The zero-order valence-corrected chi connectivity index (χ0v) is 30.5. The number of likely N-dealkylation sites (N-methyl/N-ethyl adjacent to an activating group) is 1. The summed E-state index contributed by atoms with van der Waals surface area (Å²) in [7, 11) is 1.13. The van der Waals surface area contributed by atoms with Gasteiger partial charge in [0, 0.05) is 56.3 Å². The van der Waals surface area contributed by atoms with Crippen molar-refractivity contribution in [1.29, 1.82) is 0 Å². The van der Waals surface area contributed by atoms with E-state index in [0.717, 1.165) is 24.9 Å². The number of carboxylic acids is 1. The molecule has 2 aromatic carbocycles. The maximum Gasteiger partial charge on any atom is 0.353 e. The summed E-state index contributed by atoms with van der Waals surface area (Å²) in [6.45, 7) is 9.77. The fraction of sp³-hybridized carbons (Fsp3) is 0.528. The van der Waals surface area contributed by atoms with E-state index in [4.69, 9.17) is 10.5 Å². The highest BCUT2D eigenvalue weighted by atomic mass is 32.2. The highest BCUT2D eigenvalue weighted by molar-refractivity contribution is 7.93. The molecule has 2 amide bonds. The number of hydrogen-bond donors (Lipinski definition) is 3. The van der Waals surface area contributed by atoms with E-state index < -0.39 is 32.6 Å². The molecule has 0 radical (unpaired) electrons. The molecular weight excluding hydrogens is 660 g/mol. The van der Waals surface area contributed by atoms with E-state index in [0.29, 0.717) is 73.2 Å². The number of aromatic carboxylic acids is 1. The average Bonchev–Trinajstić information content (AvgIpc) is 3.77. The van der Waals surface area contributed by atoms with Crippen molar-refractivity contribution in [2.45, 2.75) is 69.7 Å². The van der Waals surface area contributed by atoms with Crippen molar-refractivity contribution in [1.82, 2.24) is 19.3 Å². The Kier molecular flexibility index (Phi) is 9.42. The number of para-hydroxylation sites is 1. The third-order valence-corrected chi connectivity index (χ3v) is 12.2. The molecule has 14 heteroatoms. The minimum atomic E-state index is -3.91. The lowest BCUT2D eigenvalue weighted by Crippen LogP contribution is -2.52. The number of sulfonamides is 1. The van der Waals surface area contributed by atoms with Crippen LogP contribution in [0.25, 0.3) is 22.0 Å². The van der Waals surface area contributed by atoms with Crippen molar-refractivity contribution in [3.63, 3.8) is 0 Å². The van der Waals surface area contributed by atoms with Crippen LogP contribution < -0.4 is 15.2 Å². The van der Waals surface area contributed by atoms with E-state index in [2.05, 4.69) is 14.5 Å². The summed E-state index contributed by atoms with van der Waals surface area (Å²) < 4.78 is 37.2. The molecule has 1 aliphatic carbocycles. The SMILES string of the molecule is COc1c(C(N)=O)cc(C(C)(C)C)c(-c2c(C(=O)O)n(C)c3c(CN4CCN(C(=O)C5CCCN5C)CC4)cccc23)c1NS(=O)(=O)C1CC1. The van der Waals surface area contributed by atoms with Crippen molar-refractivity contribution in [2.24, 2.45) is 12.8 Å². The van der Waals surface area contributed by atoms with Crippen LogP contribution in [0.1, 0.15) is 78.4 Å². The first-order chi connectivity index (χ1) is 23.5. The van der Waals surface area contributed by atoms with Gasteiger partial charge in [0.05, 0.1) is 35.2 Å². The van der Waals surface area contributed by atoms with Gasteiger partial charge in [-0.2, -0.15) is 0 Å². The summed E-state index contributed by atoms with van der Waals surface area (Å²) in [5.41, 5.74) is 7.85. The predicted octanol–water partition coefficient (Wildman–Crippen LogP) is 3.59. The monoisotopic (exact) mass is 708 g/mol. The van der Waals surface area contributed by atoms with Crippen molar-refractivity contribution in [3.8, 4) is 16.9 Å². The van der Waals surface area contributed by atoms with Crippen LogP contribution in [0.2, 0.25) is 0 Å². The Morgan fingerprint density at radius 3 is 2.24 bits per heavy atom. The minimum Gasteiger partial charge on any atom is -0.494 e. The summed E-state index contributed by atoms with van der Waals surface area (Å²) >= 11 is 0. The number of rotatable bonds is 10. The first-order valence-corrected chi connectivity index (χ1v) is 18.7. The van der Waals surface area contributed by atoms with E-state index in [1.54, 1.807) is 17.7 Å². The minimum absolute atomic E-state index is 0.00488. The number of carbonyl (C=O) groups is 3. The van der Waals surface area contributed by atoms with Gasteiger partial charge >= 0.3 is 5.97 Å². The normalized spacial score (nSPS) is 19.2. The van der Waals surface area contributed by atoms with Crippen molar-refractivity contribution in [2.75, 3.05) is 51.6 Å². The van der Waals surface area contributed by atoms with E-state index in [1.807, 2.05) is 50.9 Å². The summed E-state index contributed by atoms with van der Waals surface area (Å²) in [5.74, 6) is -1.88. The third kappa shape index (κ3) is 6.44. The number of piperazine rings is 1. The fourth-order valence-electron chi connectivity index (χ4n) is 7.64. The van der Waals surface area contributed by atoms with Gasteiger partial charge in [0.15, 0.2) is 5.75 Å². The van der Waals surface area contributed by atoms with Crippen LogP contribution in [-0.2, 0) is 33.8 Å². The second-order valence-electron chi connectivity index (χ2n) is 14.9. The lowest BCUT2D eigenvalue weighted by Gasteiger charge is -2.37. The van der Waals surface area contributed by atoms with E-state index >= 15 is 0 Å². The van der Waals surface area contributed by atoms with Gasteiger partial charge in [0.25, 0.3) is 5.91 Å². The van der Waals surface area contributed by atoms with Gasteiger partial charge < -0.3 is 25.0 Å². The maximum atomic E-state index is 13.5. The molecule has 6 rings (SSSR count). The van der Waals surface area contributed by atoms with Gasteiger partial charge in [-0.1, -0.05) is 39.0 Å². The molecule has 1 aromatic heterocycles. The summed E-state index contributed by atoms with van der Waals surface area (Å²) in [6.07, 6.45) is 2.90. The first kappa shape index (κ1) is 35.7. The number of primary amides is 1. The number of nitrogens with two attached hydrogens (primary N) is 1. The number of methoxy groups -OCH3 is 1. The number of aromatic nitrogens is 1. The fourth-order valence-corrected chi connectivity index (χ4v) is 9.04. The molecule has 3 aliphatic rings. The quantitative estimate of drug-likeness (QED) is 0.285. The highest BCUT2D eigenvalue weighted by Gasteiger charge is 2.40. The number of benzene rings is 2.